The molecule has 5 heteroatoms. The number of aromatic carboxylic acids is 1. The van der Waals surface area contributed by atoms with E-state index in [1.807, 2.05) is 11.8 Å². The molecule has 0 saturated carbocycles. The summed E-state index contributed by atoms with van der Waals surface area (Å²) in [7, 11) is 0. The zero-order valence-electron chi connectivity index (χ0n) is 11.1. The molecule has 1 aromatic rings. The van der Waals surface area contributed by atoms with Crippen LogP contribution in [0, 0.1) is 0 Å². The van der Waals surface area contributed by atoms with E-state index in [0.29, 0.717) is 17.9 Å². The summed E-state index contributed by atoms with van der Waals surface area (Å²) in [6.07, 6.45) is 2.29. The Morgan fingerprint density at radius 1 is 1.58 bits per heavy atom. The Balaban J connectivity index is 2.25. The topological polar surface area (TPSA) is 75.8 Å². The summed E-state index contributed by atoms with van der Waals surface area (Å²) in [6, 6.07) is 4.90. The van der Waals surface area contributed by atoms with Gasteiger partial charge in [0.1, 0.15) is 0 Å². The number of carboxylic acids is 1. The van der Waals surface area contributed by atoms with Crippen molar-refractivity contribution in [2.75, 3.05) is 30.3 Å². The average molecular weight is 264 g/mol. The average Bonchev–Trinajstić information content (AvgIpc) is 2.88. The van der Waals surface area contributed by atoms with Crippen molar-refractivity contribution in [3.63, 3.8) is 0 Å². The summed E-state index contributed by atoms with van der Waals surface area (Å²) in [6.45, 7) is 4.23. The molecule has 1 heterocycles. The SMILES string of the molecule is CCN(CC1CCCO1)c1cc(N)ccc1C(=O)O. The van der Waals surface area contributed by atoms with E-state index in [4.69, 9.17) is 10.5 Å². The van der Waals surface area contributed by atoms with Crippen LogP contribution in [0.3, 0.4) is 0 Å². The van der Waals surface area contributed by atoms with Gasteiger partial charge in [-0.15, -0.1) is 0 Å². The second kappa shape index (κ2) is 5.93. The van der Waals surface area contributed by atoms with Crippen LogP contribution in [0.2, 0.25) is 0 Å². The van der Waals surface area contributed by atoms with Gasteiger partial charge in [0.2, 0.25) is 0 Å². The van der Waals surface area contributed by atoms with Crippen molar-refractivity contribution in [1.82, 2.24) is 0 Å². The molecule has 19 heavy (non-hydrogen) atoms. The van der Waals surface area contributed by atoms with Crippen LogP contribution in [0.4, 0.5) is 11.4 Å². The number of hydrogen-bond donors (Lipinski definition) is 2. The maximum atomic E-state index is 11.3. The number of likely N-dealkylation sites (N-methyl/N-ethyl adjacent to an activating group) is 1. The highest BCUT2D eigenvalue weighted by atomic mass is 16.5. The van der Waals surface area contributed by atoms with Crippen molar-refractivity contribution in [1.29, 1.82) is 0 Å². The Kier molecular flexibility index (Phi) is 4.27. The molecular formula is C14H20N2O3. The normalized spacial score (nSPS) is 18.5. The molecule has 0 aliphatic carbocycles. The third-order valence-corrected chi connectivity index (χ3v) is 3.42. The van der Waals surface area contributed by atoms with Crippen LogP contribution in [-0.2, 0) is 4.74 Å². The standard InChI is InChI=1S/C14H20N2O3/c1-2-16(9-11-4-3-7-19-11)13-8-10(15)5-6-12(13)14(17)18/h5-6,8,11H,2-4,7,9,15H2,1H3,(H,17,18). The fraction of sp³-hybridized carbons (Fsp3) is 0.500. The van der Waals surface area contributed by atoms with Crippen LogP contribution >= 0.6 is 0 Å². The van der Waals surface area contributed by atoms with E-state index in [-0.39, 0.29) is 11.7 Å². The number of carboxylic acid groups (broad SMARTS) is 1. The maximum Gasteiger partial charge on any atom is 0.337 e. The summed E-state index contributed by atoms with van der Waals surface area (Å²) in [4.78, 5) is 13.3. The number of anilines is 2. The van der Waals surface area contributed by atoms with Gasteiger partial charge in [-0.2, -0.15) is 0 Å². The molecule has 1 saturated heterocycles. The molecule has 104 valence electrons. The first-order valence-corrected chi connectivity index (χ1v) is 6.61. The molecule has 1 atom stereocenters. The molecule has 1 aromatic carbocycles. The molecule has 1 aliphatic rings. The predicted octanol–water partition coefficient (Wildman–Crippen LogP) is 1.97. The van der Waals surface area contributed by atoms with E-state index in [0.717, 1.165) is 26.0 Å². The molecule has 2 rings (SSSR count). The molecule has 3 N–H and O–H groups in total. The van der Waals surface area contributed by atoms with E-state index in [9.17, 15) is 9.90 Å². The molecule has 1 aliphatic heterocycles. The molecular weight excluding hydrogens is 244 g/mol. The highest BCUT2D eigenvalue weighted by molar-refractivity contribution is 5.95. The smallest absolute Gasteiger partial charge is 0.337 e. The summed E-state index contributed by atoms with van der Waals surface area (Å²) in [5.41, 5.74) is 7.31. The minimum Gasteiger partial charge on any atom is -0.478 e. The quantitative estimate of drug-likeness (QED) is 0.795. The van der Waals surface area contributed by atoms with Gasteiger partial charge in [0.25, 0.3) is 0 Å². The van der Waals surface area contributed by atoms with Gasteiger partial charge in [0.05, 0.1) is 17.4 Å². The van der Waals surface area contributed by atoms with Gasteiger partial charge in [0.15, 0.2) is 0 Å². The van der Waals surface area contributed by atoms with Crippen LogP contribution in [0.1, 0.15) is 30.1 Å². The maximum absolute atomic E-state index is 11.3. The molecule has 0 amide bonds. The largest absolute Gasteiger partial charge is 0.478 e. The number of carbonyl (C=O) groups is 1. The number of ether oxygens (including phenoxy) is 1. The summed E-state index contributed by atoms with van der Waals surface area (Å²) >= 11 is 0. The lowest BCUT2D eigenvalue weighted by Gasteiger charge is -2.27. The first-order valence-electron chi connectivity index (χ1n) is 6.61. The highest BCUT2D eigenvalue weighted by Gasteiger charge is 2.21. The number of benzene rings is 1. The zero-order chi connectivity index (χ0) is 13.8. The molecule has 0 spiro atoms. The molecule has 0 radical (unpaired) electrons. The first-order chi connectivity index (χ1) is 9.11. The van der Waals surface area contributed by atoms with Gasteiger partial charge in [-0.1, -0.05) is 0 Å². The Morgan fingerprint density at radius 3 is 2.95 bits per heavy atom. The lowest BCUT2D eigenvalue weighted by molar-refractivity contribution is 0.0697. The molecule has 5 nitrogen and oxygen atoms in total. The number of nitrogens with zero attached hydrogens (tertiary/aromatic N) is 1. The van der Waals surface area contributed by atoms with Crippen molar-refractivity contribution in [3.8, 4) is 0 Å². The van der Waals surface area contributed by atoms with Gasteiger partial charge in [-0.3, -0.25) is 0 Å². The zero-order valence-corrected chi connectivity index (χ0v) is 11.1. The molecule has 1 unspecified atom stereocenters. The van der Waals surface area contributed by atoms with Crippen molar-refractivity contribution >= 4 is 17.3 Å². The van der Waals surface area contributed by atoms with Crippen molar-refractivity contribution in [2.24, 2.45) is 0 Å². The lowest BCUT2D eigenvalue weighted by Crippen LogP contribution is -2.33. The minimum atomic E-state index is -0.930. The molecule has 1 fully saturated rings. The van der Waals surface area contributed by atoms with Crippen LogP contribution in [0.15, 0.2) is 18.2 Å². The number of hydrogen-bond acceptors (Lipinski definition) is 4. The van der Waals surface area contributed by atoms with E-state index in [2.05, 4.69) is 0 Å². The Hall–Kier alpha value is -1.75. The summed E-state index contributed by atoms with van der Waals surface area (Å²) in [5, 5.41) is 9.26. The predicted molar refractivity (Wildman–Crippen MR) is 74.7 cm³/mol. The third kappa shape index (κ3) is 3.17. The van der Waals surface area contributed by atoms with Crippen LogP contribution in [-0.4, -0.2) is 36.9 Å². The van der Waals surface area contributed by atoms with Gasteiger partial charge in [-0.25, -0.2) is 4.79 Å². The van der Waals surface area contributed by atoms with Crippen LogP contribution in [0.5, 0.6) is 0 Å². The third-order valence-electron chi connectivity index (χ3n) is 3.42. The molecule has 0 aromatic heterocycles. The van der Waals surface area contributed by atoms with Gasteiger partial charge >= 0.3 is 5.97 Å². The van der Waals surface area contributed by atoms with E-state index in [1.54, 1.807) is 18.2 Å². The Morgan fingerprint density at radius 2 is 2.37 bits per heavy atom. The van der Waals surface area contributed by atoms with Crippen molar-refractivity contribution in [2.45, 2.75) is 25.9 Å². The first kappa shape index (κ1) is 13.7. The summed E-state index contributed by atoms with van der Waals surface area (Å²) < 4.78 is 5.62. The van der Waals surface area contributed by atoms with E-state index < -0.39 is 5.97 Å². The van der Waals surface area contributed by atoms with Crippen molar-refractivity contribution in [3.05, 3.63) is 23.8 Å². The number of nitrogen functional groups attached to an aromatic ring is 1. The monoisotopic (exact) mass is 264 g/mol. The van der Waals surface area contributed by atoms with Crippen LogP contribution in [0.25, 0.3) is 0 Å². The number of nitrogens with two attached hydrogens (primary N) is 1. The van der Waals surface area contributed by atoms with Crippen LogP contribution < -0.4 is 10.6 Å². The fourth-order valence-corrected chi connectivity index (χ4v) is 2.42. The second-order valence-corrected chi connectivity index (χ2v) is 4.76. The van der Waals surface area contributed by atoms with Gasteiger partial charge < -0.3 is 20.5 Å². The Bertz CT molecular complexity index is 456. The summed E-state index contributed by atoms with van der Waals surface area (Å²) in [5.74, 6) is -0.930. The highest BCUT2D eigenvalue weighted by Crippen LogP contribution is 2.25. The lowest BCUT2D eigenvalue weighted by atomic mass is 10.1. The minimum absolute atomic E-state index is 0.183. The number of rotatable bonds is 5. The Labute approximate surface area is 113 Å². The molecule has 0 bridgehead atoms. The van der Waals surface area contributed by atoms with Crippen molar-refractivity contribution < 1.29 is 14.6 Å². The van der Waals surface area contributed by atoms with E-state index >= 15 is 0 Å². The van der Waals surface area contributed by atoms with E-state index in [1.165, 1.54) is 0 Å². The van der Waals surface area contributed by atoms with Gasteiger partial charge in [-0.05, 0) is 38.0 Å². The van der Waals surface area contributed by atoms with Gasteiger partial charge in [0, 0.05) is 25.4 Å². The second-order valence-electron chi connectivity index (χ2n) is 4.76. The fourth-order valence-electron chi connectivity index (χ4n) is 2.42.